The van der Waals surface area contributed by atoms with Crippen LogP contribution in [0.4, 0.5) is 5.69 Å². The third kappa shape index (κ3) is 1.99. The van der Waals surface area contributed by atoms with Crippen molar-refractivity contribution < 1.29 is 22.7 Å². The zero-order chi connectivity index (χ0) is 14.4. The minimum atomic E-state index is -4.03. The van der Waals surface area contributed by atoms with Gasteiger partial charge >= 0.3 is 5.97 Å². The summed E-state index contributed by atoms with van der Waals surface area (Å²) in [6.07, 6.45) is 0. The molecule has 0 aromatic heterocycles. The molecule has 6 nitrogen and oxygen atoms in total. The van der Waals surface area contributed by atoms with Crippen molar-refractivity contribution in [2.24, 2.45) is 0 Å². The van der Waals surface area contributed by atoms with Crippen LogP contribution in [-0.4, -0.2) is 32.2 Å². The van der Waals surface area contributed by atoms with Crippen LogP contribution in [0.3, 0.4) is 0 Å². The lowest BCUT2D eigenvalue weighted by atomic mass is 10.1. The zero-order valence-corrected chi connectivity index (χ0v) is 11.5. The normalized spacial score (nSPS) is 19.2. The molecule has 102 valence electrons. The van der Waals surface area contributed by atoms with Crippen LogP contribution in [0.2, 0.25) is 0 Å². The van der Waals surface area contributed by atoms with Crippen molar-refractivity contribution in [2.45, 2.75) is 24.3 Å². The molecule has 0 saturated heterocycles. The number of esters is 1. The smallest absolute Gasteiger partial charge is 0.337 e. The van der Waals surface area contributed by atoms with Gasteiger partial charge in [0, 0.05) is 0 Å². The summed E-state index contributed by atoms with van der Waals surface area (Å²) < 4.78 is 28.7. The first-order valence-corrected chi connectivity index (χ1v) is 6.98. The van der Waals surface area contributed by atoms with E-state index in [9.17, 15) is 18.0 Å². The third-order valence-electron chi connectivity index (χ3n) is 2.89. The van der Waals surface area contributed by atoms with Crippen LogP contribution in [0.25, 0.3) is 0 Å². The van der Waals surface area contributed by atoms with Crippen LogP contribution in [0.15, 0.2) is 23.1 Å². The predicted molar refractivity (Wildman–Crippen MR) is 67.7 cm³/mol. The second-order valence-electron chi connectivity index (χ2n) is 4.74. The molecule has 0 saturated carbocycles. The van der Waals surface area contributed by atoms with E-state index in [1.807, 2.05) is 0 Å². The summed E-state index contributed by atoms with van der Waals surface area (Å²) in [5, 5.41) is 1.93. The van der Waals surface area contributed by atoms with E-state index in [4.69, 9.17) is 0 Å². The monoisotopic (exact) mass is 283 g/mol. The Bertz CT molecular complexity index is 675. The van der Waals surface area contributed by atoms with Gasteiger partial charge in [0.25, 0.3) is 5.12 Å². The molecule has 1 heterocycles. The van der Waals surface area contributed by atoms with Gasteiger partial charge in [-0.25, -0.2) is 13.2 Å². The van der Waals surface area contributed by atoms with Crippen molar-refractivity contribution in [2.75, 3.05) is 12.4 Å². The quantitative estimate of drug-likeness (QED) is 0.773. The maximum atomic E-state index is 12.1. The van der Waals surface area contributed by atoms with E-state index in [2.05, 4.69) is 10.1 Å². The Labute approximate surface area is 110 Å². The molecule has 1 aromatic carbocycles. The molecule has 1 aromatic rings. The van der Waals surface area contributed by atoms with Gasteiger partial charge in [-0.05, 0) is 32.0 Å². The Hall–Kier alpha value is -1.89. The molecular weight excluding hydrogens is 270 g/mol. The minimum Gasteiger partial charge on any atom is -0.465 e. The molecule has 0 bridgehead atoms. The number of carbonyl (C=O) groups excluding carboxylic acids is 2. The van der Waals surface area contributed by atoms with E-state index in [-0.39, 0.29) is 16.1 Å². The SMILES string of the molecule is COC(=O)c1ccc2c(c1)NC(C)(C)C(=O)S2(=O)=O. The van der Waals surface area contributed by atoms with Gasteiger partial charge in [-0.15, -0.1) is 0 Å². The second-order valence-corrected chi connectivity index (χ2v) is 6.56. The number of fused-ring (bicyclic) bond motifs is 1. The number of carbonyl (C=O) groups is 2. The van der Waals surface area contributed by atoms with E-state index in [0.717, 1.165) is 0 Å². The zero-order valence-electron chi connectivity index (χ0n) is 10.7. The number of hydrogen-bond donors (Lipinski definition) is 1. The molecule has 0 atom stereocenters. The standard InChI is InChI=1S/C12H13NO5S/c1-12(2)11(15)19(16,17)9-5-4-7(10(14)18-3)6-8(9)13-12/h4-6,13H,1-3H3. The van der Waals surface area contributed by atoms with Crippen LogP contribution >= 0.6 is 0 Å². The van der Waals surface area contributed by atoms with Gasteiger partial charge in [-0.3, -0.25) is 4.79 Å². The van der Waals surface area contributed by atoms with Gasteiger partial charge in [0.2, 0.25) is 9.84 Å². The highest BCUT2D eigenvalue weighted by atomic mass is 32.2. The van der Waals surface area contributed by atoms with Crippen LogP contribution in [-0.2, 0) is 19.4 Å². The van der Waals surface area contributed by atoms with Crippen molar-refractivity contribution in [3.8, 4) is 0 Å². The molecule has 7 heteroatoms. The van der Waals surface area contributed by atoms with Crippen molar-refractivity contribution in [3.63, 3.8) is 0 Å². The lowest BCUT2D eigenvalue weighted by Gasteiger charge is -2.31. The van der Waals surface area contributed by atoms with Crippen molar-refractivity contribution in [3.05, 3.63) is 23.8 Å². The van der Waals surface area contributed by atoms with Gasteiger partial charge in [0.15, 0.2) is 0 Å². The first kappa shape index (κ1) is 13.5. The first-order valence-electron chi connectivity index (χ1n) is 5.50. The second kappa shape index (κ2) is 4.06. The fourth-order valence-corrected chi connectivity index (χ4v) is 3.50. The maximum absolute atomic E-state index is 12.1. The average molecular weight is 283 g/mol. The van der Waals surface area contributed by atoms with Gasteiger partial charge < -0.3 is 10.1 Å². The van der Waals surface area contributed by atoms with E-state index in [1.54, 1.807) is 0 Å². The van der Waals surface area contributed by atoms with Crippen LogP contribution in [0.1, 0.15) is 24.2 Å². The Morgan fingerprint density at radius 1 is 1.32 bits per heavy atom. The van der Waals surface area contributed by atoms with E-state index < -0.39 is 26.5 Å². The van der Waals surface area contributed by atoms with Gasteiger partial charge in [-0.1, -0.05) is 0 Å². The number of anilines is 1. The number of sulfone groups is 1. The van der Waals surface area contributed by atoms with E-state index >= 15 is 0 Å². The highest BCUT2D eigenvalue weighted by molar-refractivity contribution is 8.06. The van der Waals surface area contributed by atoms with E-state index in [0.29, 0.717) is 0 Å². The minimum absolute atomic E-state index is 0.121. The molecule has 0 radical (unpaired) electrons. The third-order valence-corrected chi connectivity index (χ3v) is 4.83. The number of ether oxygens (including phenoxy) is 1. The summed E-state index contributed by atoms with van der Waals surface area (Å²) in [5.41, 5.74) is -0.790. The largest absolute Gasteiger partial charge is 0.465 e. The molecule has 0 aliphatic carbocycles. The lowest BCUT2D eigenvalue weighted by Crippen LogP contribution is -2.48. The Kier molecular flexibility index (Phi) is 2.89. The molecule has 1 N–H and O–H groups in total. The molecule has 2 rings (SSSR count). The Balaban J connectivity index is 2.65. The van der Waals surface area contributed by atoms with Crippen LogP contribution in [0.5, 0.6) is 0 Å². The molecule has 1 aliphatic heterocycles. The lowest BCUT2D eigenvalue weighted by molar-refractivity contribution is -0.114. The first-order chi connectivity index (χ1) is 8.70. The highest BCUT2D eigenvalue weighted by Crippen LogP contribution is 2.34. The van der Waals surface area contributed by atoms with Crippen LogP contribution in [0, 0.1) is 0 Å². The topological polar surface area (TPSA) is 89.5 Å². The predicted octanol–water partition coefficient (Wildman–Crippen LogP) is 0.978. The molecule has 0 spiro atoms. The fourth-order valence-electron chi connectivity index (χ4n) is 1.93. The van der Waals surface area contributed by atoms with Crippen molar-refractivity contribution in [1.29, 1.82) is 0 Å². The molecule has 1 aliphatic rings. The van der Waals surface area contributed by atoms with Gasteiger partial charge in [0.05, 0.1) is 23.3 Å². The summed E-state index contributed by atoms with van der Waals surface area (Å²) in [4.78, 5) is 23.2. The summed E-state index contributed by atoms with van der Waals surface area (Å²) >= 11 is 0. The molecular formula is C12H13NO5S. The van der Waals surface area contributed by atoms with Crippen molar-refractivity contribution in [1.82, 2.24) is 0 Å². The molecule has 19 heavy (non-hydrogen) atoms. The highest BCUT2D eigenvalue weighted by Gasteiger charge is 2.44. The van der Waals surface area contributed by atoms with Crippen molar-refractivity contribution >= 4 is 26.6 Å². The molecule has 0 amide bonds. The number of hydrogen-bond acceptors (Lipinski definition) is 6. The maximum Gasteiger partial charge on any atom is 0.337 e. The fraction of sp³-hybridized carbons (Fsp3) is 0.333. The average Bonchev–Trinajstić information content (AvgIpc) is 2.34. The number of methoxy groups -OCH3 is 1. The summed E-state index contributed by atoms with van der Waals surface area (Å²) in [5.74, 6) is -0.572. The summed E-state index contributed by atoms with van der Waals surface area (Å²) in [7, 11) is -2.80. The molecule has 0 unspecified atom stereocenters. The summed E-state index contributed by atoms with van der Waals surface area (Å²) in [6.45, 7) is 2.95. The van der Waals surface area contributed by atoms with E-state index in [1.165, 1.54) is 39.2 Å². The number of rotatable bonds is 1. The van der Waals surface area contributed by atoms with Gasteiger partial charge in [0.1, 0.15) is 5.54 Å². The molecule has 0 fully saturated rings. The van der Waals surface area contributed by atoms with Gasteiger partial charge in [-0.2, -0.15) is 0 Å². The number of nitrogens with one attached hydrogen (secondary N) is 1. The Morgan fingerprint density at radius 2 is 1.95 bits per heavy atom. The van der Waals surface area contributed by atoms with Crippen LogP contribution < -0.4 is 5.32 Å². The number of benzene rings is 1. The Morgan fingerprint density at radius 3 is 2.53 bits per heavy atom. The summed E-state index contributed by atoms with van der Waals surface area (Å²) in [6, 6.07) is 3.92.